The van der Waals surface area contributed by atoms with E-state index in [4.69, 9.17) is 0 Å². The van der Waals surface area contributed by atoms with Gasteiger partial charge in [0.25, 0.3) is 11.5 Å². The summed E-state index contributed by atoms with van der Waals surface area (Å²) in [6.07, 6.45) is 0.648. The van der Waals surface area contributed by atoms with Gasteiger partial charge in [0.1, 0.15) is 17.8 Å². The monoisotopic (exact) mass is 531 g/mol. The maximum atomic E-state index is 13.6. The number of amides is 3. The minimum absolute atomic E-state index is 0.0331. The van der Waals surface area contributed by atoms with Gasteiger partial charge in [0, 0.05) is 19.6 Å². The number of nitrogens with zero attached hydrogens (tertiary/aromatic N) is 3. The molecule has 1 aromatic heterocycles. The van der Waals surface area contributed by atoms with Crippen LogP contribution in [0.15, 0.2) is 41.7 Å². The molecule has 1 aromatic carbocycles. The van der Waals surface area contributed by atoms with Crippen LogP contribution in [0.2, 0.25) is 0 Å². The number of hydrogen-bond acceptors (Lipinski definition) is 6. The molecular weight excluding hydrogens is 500 g/mol. The first-order valence-electron chi connectivity index (χ1n) is 12.3. The predicted molar refractivity (Wildman–Crippen MR) is 134 cm³/mol. The number of rotatable bonds is 9. The summed E-state index contributed by atoms with van der Waals surface area (Å²) in [6, 6.07) is 5.38. The summed E-state index contributed by atoms with van der Waals surface area (Å²) in [5, 5.41) is 15.7. The van der Waals surface area contributed by atoms with Gasteiger partial charge >= 0.3 is 11.8 Å². The molecule has 0 bridgehead atoms. The number of allylic oxidation sites excluding steroid dienone is 1. The van der Waals surface area contributed by atoms with E-state index in [1.807, 2.05) is 0 Å². The molecule has 0 aliphatic carbocycles. The van der Waals surface area contributed by atoms with Crippen LogP contribution in [0.25, 0.3) is 0 Å². The molecule has 2 aromatic rings. The fourth-order valence-corrected chi connectivity index (χ4v) is 4.35. The van der Waals surface area contributed by atoms with E-state index in [2.05, 4.69) is 22.2 Å². The summed E-state index contributed by atoms with van der Waals surface area (Å²) in [5.74, 6) is -4.18. The number of likely N-dealkylation sites (tertiary alicyclic amines) is 1. The summed E-state index contributed by atoms with van der Waals surface area (Å²) >= 11 is 0. The first-order chi connectivity index (χ1) is 18.1. The summed E-state index contributed by atoms with van der Waals surface area (Å²) in [4.78, 5) is 57.2. The molecule has 0 spiro atoms. The van der Waals surface area contributed by atoms with Crippen LogP contribution in [0.4, 0.5) is 8.78 Å². The van der Waals surface area contributed by atoms with Gasteiger partial charge in [-0.15, -0.1) is 6.58 Å². The normalized spacial score (nSPS) is 15.3. The number of nitrogens with one attached hydrogen (secondary N) is 2. The van der Waals surface area contributed by atoms with E-state index in [1.165, 1.54) is 30.3 Å². The number of benzene rings is 1. The second-order valence-electron chi connectivity index (χ2n) is 9.03. The zero-order valence-corrected chi connectivity index (χ0v) is 21.3. The van der Waals surface area contributed by atoms with Crippen molar-refractivity contribution in [1.29, 1.82) is 0 Å². The van der Waals surface area contributed by atoms with Gasteiger partial charge in [-0.2, -0.15) is 0 Å². The van der Waals surface area contributed by atoms with Gasteiger partial charge in [-0.1, -0.05) is 32.1 Å². The first kappa shape index (κ1) is 28.5. The van der Waals surface area contributed by atoms with Crippen LogP contribution < -0.4 is 16.2 Å². The topological polar surface area (TPSA) is 134 Å². The quantitative estimate of drug-likeness (QED) is 0.334. The van der Waals surface area contributed by atoms with Crippen molar-refractivity contribution >= 4 is 17.7 Å². The minimum Gasteiger partial charge on any atom is -0.501 e. The zero-order valence-electron chi connectivity index (χ0n) is 21.3. The Morgan fingerprint density at radius 1 is 1.24 bits per heavy atom. The molecule has 3 rings (SSSR count). The third-order valence-corrected chi connectivity index (χ3v) is 6.64. The fraction of sp³-hybridized carbons (Fsp3) is 0.423. The third-order valence-electron chi connectivity index (χ3n) is 6.64. The van der Waals surface area contributed by atoms with Crippen molar-refractivity contribution in [3.8, 4) is 5.75 Å². The number of alkyl halides is 1. The molecule has 3 N–H and O–H groups in total. The molecule has 1 fully saturated rings. The van der Waals surface area contributed by atoms with Gasteiger partial charge in [-0.25, -0.2) is 13.8 Å². The Morgan fingerprint density at radius 3 is 2.45 bits per heavy atom. The highest BCUT2D eigenvalue weighted by molar-refractivity contribution is 6.35. The van der Waals surface area contributed by atoms with Crippen molar-refractivity contribution in [2.24, 2.45) is 0 Å². The second-order valence-corrected chi connectivity index (χ2v) is 9.03. The van der Waals surface area contributed by atoms with Gasteiger partial charge in [0.2, 0.25) is 5.75 Å². The second kappa shape index (κ2) is 12.0. The van der Waals surface area contributed by atoms with Crippen molar-refractivity contribution in [1.82, 2.24) is 25.1 Å². The highest BCUT2D eigenvalue weighted by Gasteiger charge is 2.40. The van der Waals surface area contributed by atoms with Gasteiger partial charge < -0.3 is 20.6 Å². The lowest BCUT2D eigenvalue weighted by Gasteiger charge is -2.34. The summed E-state index contributed by atoms with van der Waals surface area (Å²) in [7, 11) is 0. The Hall–Kier alpha value is -4.09. The van der Waals surface area contributed by atoms with Crippen molar-refractivity contribution < 1.29 is 28.3 Å². The average molecular weight is 532 g/mol. The first-order valence-corrected chi connectivity index (χ1v) is 12.3. The fourth-order valence-electron chi connectivity index (χ4n) is 4.35. The number of aromatic hydroxyl groups is 1. The molecule has 0 saturated carbocycles. The molecule has 204 valence electrons. The van der Waals surface area contributed by atoms with E-state index in [9.17, 15) is 33.1 Å². The van der Waals surface area contributed by atoms with E-state index < -0.39 is 52.3 Å². The van der Waals surface area contributed by atoms with E-state index in [0.29, 0.717) is 5.56 Å². The van der Waals surface area contributed by atoms with Gasteiger partial charge in [0.15, 0.2) is 5.69 Å². The Bertz CT molecular complexity index is 1270. The molecule has 38 heavy (non-hydrogen) atoms. The van der Waals surface area contributed by atoms with E-state index >= 15 is 0 Å². The van der Waals surface area contributed by atoms with Crippen molar-refractivity contribution in [3.63, 3.8) is 0 Å². The molecule has 2 heterocycles. The van der Waals surface area contributed by atoms with Gasteiger partial charge in [0.05, 0.1) is 12.1 Å². The number of carbonyl (C=O) groups excluding carboxylic acids is 3. The van der Waals surface area contributed by atoms with Crippen LogP contribution in [0.3, 0.4) is 0 Å². The van der Waals surface area contributed by atoms with Gasteiger partial charge in [-0.05, 0) is 37.0 Å². The van der Waals surface area contributed by atoms with E-state index in [0.717, 1.165) is 9.47 Å². The van der Waals surface area contributed by atoms with Crippen LogP contribution in [0.5, 0.6) is 5.75 Å². The number of halogens is 2. The van der Waals surface area contributed by atoms with Crippen molar-refractivity contribution in [3.05, 3.63) is 70.2 Å². The maximum Gasteiger partial charge on any atom is 0.312 e. The highest BCUT2D eigenvalue weighted by atomic mass is 19.1. The summed E-state index contributed by atoms with van der Waals surface area (Å²) in [6.45, 7) is 6.81. The van der Waals surface area contributed by atoms with Gasteiger partial charge in [-0.3, -0.25) is 23.7 Å². The number of hydrogen-bond donors (Lipinski definition) is 3. The Balaban J connectivity index is 1.99. The zero-order chi connectivity index (χ0) is 28.0. The highest BCUT2D eigenvalue weighted by Crippen LogP contribution is 2.29. The molecule has 12 heteroatoms. The molecule has 10 nitrogen and oxygen atoms in total. The standard InChI is InChI=1S/C26H31F2N5O5/c1-4-12-33-23(37)20(34)19(21(35)29-14-16-7-9-17(27)10-8-16)30-25(33)26(5-2,6-3)31-22(36)24(38)32-13-11-18(28)15-32/h4,7-10,18,34H,1,5-6,11-15H2,2-3H3,(H,29,35)(H,31,36)/t18-/m1/s1. The molecule has 0 radical (unpaired) electrons. The van der Waals surface area contributed by atoms with Crippen LogP contribution in [0.1, 0.15) is 55.0 Å². The number of carbonyl (C=O) groups is 3. The molecule has 1 saturated heterocycles. The lowest BCUT2D eigenvalue weighted by Crippen LogP contribution is -2.53. The predicted octanol–water partition coefficient (Wildman–Crippen LogP) is 1.91. The van der Waals surface area contributed by atoms with Crippen molar-refractivity contribution in [2.75, 3.05) is 13.1 Å². The van der Waals surface area contributed by atoms with Crippen LogP contribution >= 0.6 is 0 Å². The molecular formula is C26H31F2N5O5. The summed E-state index contributed by atoms with van der Waals surface area (Å²) in [5.41, 5.74) is -2.32. The average Bonchev–Trinajstić information content (AvgIpc) is 3.35. The SMILES string of the molecule is C=CCn1c(C(CC)(CC)NC(=O)C(=O)N2CC[C@@H](F)C2)nc(C(=O)NCc2ccc(F)cc2)c(O)c1=O. The smallest absolute Gasteiger partial charge is 0.312 e. The Labute approximate surface area is 218 Å². The Kier molecular flexibility index (Phi) is 8.97. The molecule has 1 aliphatic rings. The number of aromatic nitrogens is 2. The minimum atomic E-state index is -1.39. The van der Waals surface area contributed by atoms with Crippen molar-refractivity contribution in [2.45, 2.75) is 57.9 Å². The third kappa shape index (κ3) is 5.90. The lowest BCUT2D eigenvalue weighted by atomic mass is 9.90. The molecule has 1 aliphatic heterocycles. The molecule has 0 unspecified atom stereocenters. The van der Waals surface area contributed by atoms with Crippen LogP contribution in [0, 0.1) is 5.82 Å². The molecule has 3 amide bonds. The Morgan fingerprint density at radius 2 is 1.89 bits per heavy atom. The largest absolute Gasteiger partial charge is 0.501 e. The maximum absolute atomic E-state index is 13.6. The van der Waals surface area contributed by atoms with E-state index in [1.54, 1.807) is 13.8 Å². The summed E-state index contributed by atoms with van der Waals surface area (Å²) < 4.78 is 27.8. The molecule has 1 atom stereocenters. The van der Waals surface area contributed by atoms with E-state index in [-0.39, 0.29) is 51.3 Å². The lowest BCUT2D eigenvalue weighted by molar-refractivity contribution is -0.146. The van der Waals surface area contributed by atoms with Crippen LogP contribution in [-0.2, 0) is 28.2 Å². The van der Waals surface area contributed by atoms with Crippen LogP contribution in [-0.4, -0.2) is 56.5 Å².